The lowest BCUT2D eigenvalue weighted by molar-refractivity contribution is -0.128. The van der Waals surface area contributed by atoms with Gasteiger partial charge in [0, 0.05) is 18.4 Å². The third-order valence-electron chi connectivity index (χ3n) is 3.74. The number of ketones is 1. The molecule has 0 atom stereocenters. The van der Waals surface area contributed by atoms with Crippen LogP contribution in [0, 0.1) is 17.7 Å². The van der Waals surface area contributed by atoms with E-state index in [1.807, 2.05) is 35.7 Å². The van der Waals surface area contributed by atoms with Gasteiger partial charge in [-0.1, -0.05) is 12.0 Å². The topological polar surface area (TPSA) is 52.8 Å². The van der Waals surface area contributed by atoms with Gasteiger partial charge in [-0.25, -0.2) is 9.37 Å². The third-order valence-corrected chi connectivity index (χ3v) is 3.74. The van der Waals surface area contributed by atoms with E-state index < -0.39 is 0 Å². The lowest BCUT2D eigenvalue weighted by Gasteiger charge is -2.03. The predicted octanol–water partition coefficient (Wildman–Crippen LogP) is 3.00. The average molecular weight is 366 g/mol. The van der Waals surface area contributed by atoms with Crippen molar-refractivity contribution in [2.45, 2.75) is 13.5 Å². The number of ether oxygens (including phenoxy) is 2. The summed E-state index contributed by atoms with van der Waals surface area (Å²) in [5.41, 5.74) is 2.74. The summed E-state index contributed by atoms with van der Waals surface area (Å²) >= 11 is 0. The molecule has 3 rings (SSSR count). The molecular weight excluding hydrogens is 347 g/mol. The zero-order valence-corrected chi connectivity index (χ0v) is 14.9. The number of halogens is 1. The number of fused-ring (bicyclic) bond motifs is 1. The predicted molar refractivity (Wildman–Crippen MR) is 98.7 cm³/mol. The fraction of sp³-hybridized carbons (Fsp3) is 0.238. The van der Waals surface area contributed by atoms with Crippen LogP contribution in [0.3, 0.4) is 0 Å². The fourth-order valence-corrected chi connectivity index (χ4v) is 2.46. The second kappa shape index (κ2) is 9.08. The standard InChI is InChI=1S/C21H19FN2O3/c1-2-26-13-18(25)14-27-15-19-20(24-12-4-3-5-21(24)23-19)11-8-16-6-9-17(22)10-7-16/h3-7,9-10,12H,2,13-15H2,1H3. The molecule has 0 bridgehead atoms. The maximum Gasteiger partial charge on any atom is 0.183 e. The molecule has 0 amide bonds. The molecule has 0 spiro atoms. The number of Topliss-reactive ketones (excluding diaryl/α,β-unsaturated/α-hetero) is 1. The Morgan fingerprint density at radius 1 is 1.11 bits per heavy atom. The maximum atomic E-state index is 13.0. The summed E-state index contributed by atoms with van der Waals surface area (Å²) in [4.78, 5) is 16.2. The van der Waals surface area contributed by atoms with Crippen molar-refractivity contribution in [3.8, 4) is 11.8 Å². The second-order valence-corrected chi connectivity index (χ2v) is 5.76. The van der Waals surface area contributed by atoms with Crippen LogP contribution in [0.1, 0.15) is 23.9 Å². The highest BCUT2D eigenvalue weighted by atomic mass is 19.1. The van der Waals surface area contributed by atoms with Crippen LogP contribution in [0.5, 0.6) is 0 Å². The van der Waals surface area contributed by atoms with Crippen molar-refractivity contribution >= 4 is 11.4 Å². The monoisotopic (exact) mass is 366 g/mol. The molecule has 138 valence electrons. The summed E-state index contributed by atoms with van der Waals surface area (Å²) < 4.78 is 25.5. The van der Waals surface area contributed by atoms with E-state index in [-0.39, 0.29) is 31.4 Å². The van der Waals surface area contributed by atoms with Crippen molar-refractivity contribution in [1.29, 1.82) is 0 Å². The largest absolute Gasteiger partial charge is 0.374 e. The molecule has 0 aliphatic heterocycles. The molecule has 0 radical (unpaired) electrons. The van der Waals surface area contributed by atoms with E-state index in [1.54, 1.807) is 12.1 Å². The number of nitrogens with zero attached hydrogens (tertiary/aromatic N) is 2. The van der Waals surface area contributed by atoms with Crippen LogP contribution in [-0.4, -0.2) is 35.0 Å². The lowest BCUT2D eigenvalue weighted by atomic mass is 10.2. The highest BCUT2D eigenvalue weighted by Crippen LogP contribution is 2.13. The average Bonchev–Trinajstić information content (AvgIpc) is 3.03. The van der Waals surface area contributed by atoms with E-state index in [0.29, 0.717) is 23.6 Å². The summed E-state index contributed by atoms with van der Waals surface area (Å²) in [6.07, 6.45) is 1.86. The van der Waals surface area contributed by atoms with Crippen molar-refractivity contribution in [3.63, 3.8) is 0 Å². The summed E-state index contributed by atoms with van der Waals surface area (Å²) in [7, 11) is 0. The molecule has 0 N–H and O–H groups in total. The number of hydrogen-bond acceptors (Lipinski definition) is 4. The molecule has 0 aliphatic carbocycles. The molecule has 1 aromatic carbocycles. The van der Waals surface area contributed by atoms with E-state index >= 15 is 0 Å². The number of rotatable bonds is 7. The Hall–Kier alpha value is -3.01. The maximum absolute atomic E-state index is 13.0. The van der Waals surface area contributed by atoms with Crippen LogP contribution in [-0.2, 0) is 20.9 Å². The third kappa shape index (κ3) is 5.00. The van der Waals surface area contributed by atoms with Crippen molar-refractivity contribution in [2.24, 2.45) is 0 Å². The van der Waals surface area contributed by atoms with Crippen molar-refractivity contribution in [2.75, 3.05) is 19.8 Å². The zero-order valence-electron chi connectivity index (χ0n) is 14.9. The van der Waals surface area contributed by atoms with Crippen molar-refractivity contribution in [1.82, 2.24) is 9.38 Å². The molecule has 5 nitrogen and oxygen atoms in total. The van der Waals surface area contributed by atoms with Crippen LogP contribution in [0.4, 0.5) is 4.39 Å². The minimum Gasteiger partial charge on any atom is -0.374 e. The summed E-state index contributed by atoms with van der Waals surface area (Å²) in [5, 5.41) is 0. The summed E-state index contributed by atoms with van der Waals surface area (Å²) in [6, 6.07) is 11.6. The second-order valence-electron chi connectivity index (χ2n) is 5.76. The van der Waals surface area contributed by atoms with Gasteiger partial charge in [0.15, 0.2) is 5.78 Å². The number of aromatic nitrogens is 2. The number of imidazole rings is 1. The Balaban J connectivity index is 1.80. The molecule has 0 fully saturated rings. The van der Waals surface area contributed by atoms with Crippen LogP contribution in [0.25, 0.3) is 5.65 Å². The fourth-order valence-electron chi connectivity index (χ4n) is 2.46. The number of carbonyl (C=O) groups excluding carboxylic acids is 1. The minimum absolute atomic E-state index is 0.0406. The zero-order chi connectivity index (χ0) is 19.1. The molecule has 27 heavy (non-hydrogen) atoms. The van der Waals surface area contributed by atoms with E-state index in [4.69, 9.17) is 9.47 Å². The van der Waals surface area contributed by atoms with Gasteiger partial charge in [0.25, 0.3) is 0 Å². The van der Waals surface area contributed by atoms with Gasteiger partial charge in [0.2, 0.25) is 0 Å². The Bertz CT molecular complexity index is 984. The van der Waals surface area contributed by atoms with Gasteiger partial charge >= 0.3 is 0 Å². The Morgan fingerprint density at radius 2 is 1.89 bits per heavy atom. The van der Waals surface area contributed by atoms with Crippen LogP contribution in [0.15, 0.2) is 48.7 Å². The highest BCUT2D eigenvalue weighted by Gasteiger charge is 2.11. The Labute approximate surface area is 156 Å². The van der Waals surface area contributed by atoms with E-state index in [1.165, 1.54) is 12.1 Å². The van der Waals surface area contributed by atoms with Gasteiger partial charge in [-0.15, -0.1) is 0 Å². The molecule has 3 aromatic rings. The van der Waals surface area contributed by atoms with Gasteiger partial charge in [-0.2, -0.15) is 0 Å². The van der Waals surface area contributed by atoms with E-state index in [2.05, 4.69) is 16.8 Å². The number of benzene rings is 1. The summed E-state index contributed by atoms with van der Waals surface area (Å²) in [5.74, 6) is 5.67. The van der Waals surface area contributed by atoms with Gasteiger partial charge in [-0.05, 0) is 49.2 Å². The lowest BCUT2D eigenvalue weighted by Crippen LogP contribution is -2.15. The normalized spacial score (nSPS) is 10.6. The number of carbonyl (C=O) groups is 1. The van der Waals surface area contributed by atoms with Crippen molar-refractivity contribution in [3.05, 3.63) is 71.4 Å². The minimum atomic E-state index is -0.304. The van der Waals surface area contributed by atoms with E-state index in [0.717, 1.165) is 5.65 Å². The first-order chi connectivity index (χ1) is 13.2. The van der Waals surface area contributed by atoms with Gasteiger partial charge in [0.05, 0.1) is 6.61 Å². The first-order valence-electron chi connectivity index (χ1n) is 8.58. The first-order valence-corrected chi connectivity index (χ1v) is 8.58. The van der Waals surface area contributed by atoms with Crippen LogP contribution >= 0.6 is 0 Å². The van der Waals surface area contributed by atoms with Gasteiger partial charge < -0.3 is 9.47 Å². The summed E-state index contributed by atoms with van der Waals surface area (Å²) in [6.45, 7) is 2.47. The number of hydrogen-bond donors (Lipinski definition) is 0. The molecule has 6 heteroatoms. The van der Waals surface area contributed by atoms with E-state index in [9.17, 15) is 9.18 Å². The molecule has 0 aliphatic rings. The molecule has 0 saturated carbocycles. The van der Waals surface area contributed by atoms with Crippen LogP contribution in [0.2, 0.25) is 0 Å². The Kier molecular flexibility index (Phi) is 6.31. The molecule has 0 saturated heterocycles. The molecular formula is C21H19FN2O3. The highest BCUT2D eigenvalue weighted by molar-refractivity contribution is 5.80. The molecule has 0 unspecified atom stereocenters. The Morgan fingerprint density at radius 3 is 2.67 bits per heavy atom. The van der Waals surface area contributed by atoms with Crippen molar-refractivity contribution < 1.29 is 18.7 Å². The first kappa shape index (κ1) is 18.8. The SMILES string of the molecule is CCOCC(=O)COCc1nc2ccccn2c1C#Cc1ccc(F)cc1. The van der Waals surface area contributed by atoms with Gasteiger partial charge in [0.1, 0.15) is 36.1 Å². The number of pyridine rings is 1. The quantitative estimate of drug-likeness (QED) is 0.603. The van der Waals surface area contributed by atoms with Crippen LogP contribution < -0.4 is 0 Å². The molecule has 2 aromatic heterocycles. The molecule has 2 heterocycles. The van der Waals surface area contributed by atoms with Gasteiger partial charge in [-0.3, -0.25) is 9.20 Å². The smallest absolute Gasteiger partial charge is 0.183 e.